The van der Waals surface area contributed by atoms with Gasteiger partial charge in [0.25, 0.3) is 0 Å². The Morgan fingerprint density at radius 3 is 2.13 bits per heavy atom. The van der Waals surface area contributed by atoms with E-state index in [-0.39, 0.29) is 23.9 Å². The van der Waals surface area contributed by atoms with E-state index in [4.69, 9.17) is 21.1 Å². The van der Waals surface area contributed by atoms with Crippen molar-refractivity contribution in [1.82, 2.24) is 5.32 Å². The van der Waals surface area contributed by atoms with E-state index in [0.717, 1.165) is 5.56 Å². The van der Waals surface area contributed by atoms with E-state index in [0.29, 0.717) is 28.1 Å². The molecule has 0 spiro atoms. The Bertz CT molecular complexity index is 858. The SMILES string of the molecule is COc1cc(NC(=O)CNC(c2ccc(C(C)(C)C)cc2)C(C)C)c(OC)cc1Cl. The lowest BCUT2D eigenvalue weighted by Crippen LogP contribution is -2.33. The van der Waals surface area contributed by atoms with E-state index in [9.17, 15) is 4.79 Å². The molecule has 0 saturated heterocycles. The lowest BCUT2D eigenvalue weighted by atomic mass is 9.85. The van der Waals surface area contributed by atoms with Crippen LogP contribution in [0.25, 0.3) is 0 Å². The summed E-state index contributed by atoms with van der Waals surface area (Å²) in [5, 5.41) is 6.67. The van der Waals surface area contributed by atoms with Gasteiger partial charge in [0.05, 0.1) is 31.5 Å². The number of nitrogens with one attached hydrogen (secondary N) is 2. The van der Waals surface area contributed by atoms with E-state index < -0.39 is 0 Å². The van der Waals surface area contributed by atoms with Gasteiger partial charge in [-0.1, -0.05) is 70.5 Å². The molecule has 0 aliphatic rings. The minimum Gasteiger partial charge on any atom is -0.495 e. The predicted molar refractivity (Wildman–Crippen MR) is 124 cm³/mol. The first-order valence-electron chi connectivity index (χ1n) is 10.1. The van der Waals surface area contributed by atoms with Crippen LogP contribution < -0.4 is 20.1 Å². The average Bonchev–Trinajstić information content (AvgIpc) is 2.68. The quantitative estimate of drug-likeness (QED) is 0.571. The van der Waals surface area contributed by atoms with Crippen LogP contribution >= 0.6 is 11.6 Å². The maximum Gasteiger partial charge on any atom is 0.238 e. The zero-order chi connectivity index (χ0) is 22.5. The van der Waals surface area contributed by atoms with Crippen molar-refractivity contribution in [1.29, 1.82) is 0 Å². The third-order valence-electron chi connectivity index (χ3n) is 5.03. The highest BCUT2D eigenvalue weighted by Crippen LogP contribution is 2.35. The Labute approximate surface area is 185 Å². The second kappa shape index (κ2) is 10.2. The number of carbonyl (C=O) groups is 1. The molecule has 0 aliphatic heterocycles. The topological polar surface area (TPSA) is 59.6 Å². The molecule has 0 aromatic heterocycles. The summed E-state index contributed by atoms with van der Waals surface area (Å²) in [6.07, 6.45) is 0. The first kappa shape index (κ1) is 24.0. The predicted octanol–water partition coefficient (Wildman–Crippen LogP) is 5.58. The molecule has 2 aromatic rings. The van der Waals surface area contributed by atoms with Crippen LogP contribution in [0.3, 0.4) is 0 Å². The highest BCUT2D eigenvalue weighted by Gasteiger charge is 2.19. The Morgan fingerprint density at radius 1 is 1.03 bits per heavy atom. The standard InChI is InChI=1S/C24H33ClN2O3/c1-15(2)23(16-8-10-17(11-9-16)24(3,4)5)26-14-22(28)27-19-13-20(29-6)18(25)12-21(19)30-7/h8-13,15,23,26H,14H2,1-7H3,(H,27,28). The van der Waals surface area contributed by atoms with Crippen molar-refractivity contribution >= 4 is 23.2 Å². The van der Waals surface area contributed by atoms with Crippen LogP contribution in [0.2, 0.25) is 5.02 Å². The van der Waals surface area contributed by atoms with Gasteiger partial charge in [0.2, 0.25) is 5.91 Å². The molecule has 1 atom stereocenters. The molecule has 0 radical (unpaired) electrons. The summed E-state index contributed by atoms with van der Waals surface area (Å²) in [6.45, 7) is 11.0. The van der Waals surface area contributed by atoms with E-state index in [1.165, 1.54) is 19.8 Å². The molecule has 2 rings (SSSR count). The van der Waals surface area contributed by atoms with Crippen LogP contribution in [0.5, 0.6) is 11.5 Å². The van der Waals surface area contributed by atoms with Gasteiger partial charge in [-0.25, -0.2) is 0 Å². The molecule has 1 unspecified atom stereocenters. The number of methoxy groups -OCH3 is 2. The maximum atomic E-state index is 12.6. The van der Waals surface area contributed by atoms with Gasteiger partial charge in [-0.05, 0) is 22.5 Å². The van der Waals surface area contributed by atoms with Crippen molar-refractivity contribution in [2.75, 3.05) is 26.1 Å². The van der Waals surface area contributed by atoms with Gasteiger partial charge in [-0.2, -0.15) is 0 Å². The van der Waals surface area contributed by atoms with Gasteiger partial charge in [-0.15, -0.1) is 0 Å². The van der Waals surface area contributed by atoms with Gasteiger partial charge in [-0.3, -0.25) is 4.79 Å². The minimum absolute atomic E-state index is 0.0615. The molecule has 0 bridgehead atoms. The molecule has 2 aromatic carbocycles. The average molecular weight is 433 g/mol. The van der Waals surface area contributed by atoms with Crippen LogP contribution in [0.4, 0.5) is 5.69 Å². The summed E-state index contributed by atoms with van der Waals surface area (Å²) >= 11 is 6.13. The smallest absolute Gasteiger partial charge is 0.238 e. The summed E-state index contributed by atoms with van der Waals surface area (Å²) < 4.78 is 10.6. The Morgan fingerprint density at radius 2 is 1.63 bits per heavy atom. The van der Waals surface area contributed by atoms with Crippen molar-refractivity contribution in [3.05, 3.63) is 52.5 Å². The zero-order valence-corrected chi connectivity index (χ0v) is 19.7. The lowest BCUT2D eigenvalue weighted by molar-refractivity contribution is -0.115. The van der Waals surface area contributed by atoms with Crippen molar-refractivity contribution in [3.8, 4) is 11.5 Å². The third-order valence-corrected chi connectivity index (χ3v) is 5.33. The van der Waals surface area contributed by atoms with Crippen LogP contribution in [0.15, 0.2) is 36.4 Å². The van der Waals surface area contributed by atoms with Crippen LogP contribution in [-0.4, -0.2) is 26.7 Å². The molecule has 0 aliphatic carbocycles. The molecule has 6 heteroatoms. The number of amides is 1. The fraction of sp³-hybridized carbons (Fsp3) is 0.458. The fourth-order valence-corrected chi connectivity index (χ4v) is 3.51. The zero-order valence-electron chi connectivity index (χ0n) is 18.9. The Kier molecular flexibility index (Phi) is 8.16. The highest BCUT2D eigenvalue weighted by molar-refractivity contribution is 6.32. The number of rotatable bonds is 8. The summed E-state index contributed by atoms with van der Waals surface area (Å²) in [6, 6.07) is 12.0. The highest BCUT2D eigenvalue weighted by atomic mass is 35.5. The summed E-state index contributed by atoms with van der Waals surface area (Å²) in [5.41, 5.74) is 3.07. The fourth-order valence-electron chi connectivity index (χ4n) is 3.28. The minimum atomic E-state index is -0.172. The van der Waals surface area contributed by atoms with E-state index in [2.05, 4.69) is 69.5 Å². The molecule has 30 heavy (non-hydrogen) atoms. The van der Waals surface area contributed by atoms with Gasteiger partial charge in [0.15, 0.2) is 0 Å². The van der Waals surface area contributed by atoms with Gasteiger partial charge in [0.1, 0.15) is 11.5 Å². The van der Waals surface area contributed by atoms with Gasteiger partial charge >= 0.3 is 0 Å². The molecule has 5 nitrogen and oxygen atoms in total. The summed E-state index contributed by atoms with van der Waals surface area (Å²) in [4.78, 5) is 12.6. The van der Waals surface area contributed by atoms with E-state index in [1.54, 1.807) is 12.1 Å². The second-order valence-electron chi connectivity index (χ2n) is 8.71. The molecular weight excluding hydrogens is 400 g/mol. The van der Waals surface area contributed by atoms with Gasteiger partial charge < -0.3 is 20.1 Å². The number of carbonyl (C=O) groups excluding carboxylic acids is 1. The molecule has 2 N–H and O–H groups in total. The largest absolute Gasteiger partial charge is 0.495 e. The van der Waals surface area contributed by atoms with Crippen LogP contribution in [-0.2, 0) is 10.2 Å². The summed E-state index contributed by atoms with van der Waals surface area (Å²) in [5.74, 6) is 1.10. The maximum absolute atomic E-state index is 12.6. The number of benzene rings is 2. The van der Waals surface area contributed by atoms with Crippen molar-refractivity contribution in [2.24, 2.45) is 5.92 Å². The van der Waals surface area contributed by atoms with E-state index in [1.807, 2.05) is 0 Å². The first-order valence-corrected chi connectivity index (χ1v) is 10.5. The Balaban J connectivity index is 2.09. The second-order valence-corrected chi connectivity index (χ2v) is 9.12. The number of hydrogen-bond donors (Lipinski definition) is 2. The third kappa shape index (κ3) is 6.13. The lowest BCUT2D eigenvalue weighted by Gasteiger charge is -2.25. The van der Waals surface area contributed by atoms with Gasteiger partial charge in [0, 0.05) is 18.2 Å². The first-order chi connectivity index (χ1) is 14.1. The van der Waals surface area contributed by atoms with Crippen molar-refractivity contribution in [3.63, 3.8) is 0 Å². The molecule has 1 amide bonds. The Hall–Kier alpha value is -2.24. The molecular formula is C24H33ClN2O3. The number of anilines is 1. The monoisotopic (exact) mass is 432 g/mol. The van der Waals surface area contributed by atoms with E-state index >= 15 is 0 Å². The van der Waals surface area contributed by atoms with Crippen molar-refractivity contribution in [2.45, 2.75) is 46.1 Å². The van der Waals surface area contributed by atoms with Crippen molar-refractivity contribution < 1.29 is 14.3 Å². The number of ether oxygens (including phenoxy) is 2. The molecule has 0 heterocycles. The number of halogens is 1. The number of hydrogen-bond acceptors (Lipinski definition) is 4. The van der Waals surface area contributed by atoms with Crippen LogP contribution in [0, 0.1) is 5.92 Å². The molecule has 164 valence electrons. The van der Waals surface area contributed by atoms with Crippen LogP contribution in [0.1, 0.15) is 51.8 Å². The molecule has 0 fully saturated rings. The molecule has 0 saturated carbocycles. The normalized spacial score (nSPS) is 12.6. The summed E-state index contributed by atoms with van der Waals surface area (Å²) in [7, 11) is 3.06.